The Morgan fingerprint density at radius 2 is 1.64 bits per heavy atom. The lowest BCUT2D eigenvalue weighted by atomic mass is 9.98. The summed E-state index contributed by atoms with van der Waals surface area (Å²) in [6.45, 7) is 6.58. The summed E-state index contributed by atoms with van der Waals surface area (Å²) in [5, 5.41) is 13.9. The van der Waals surface area contributed by atoms with Crippen molar-refractivity contribution in [3.63, 3.8) is 0 Å². The highest BCUT2D eigenvalue weighted by atomic mass is 16.6. The second-order valence-electron chi connectivity index (χ2n) is 11.9. The number of aryl methyl sites for hydroxylation is 1. The number of carboxylic acid groups (broad SMARTS) is 1. The third-order valence-electron chi connectivity index (χ3n) is 7.97. The lowest BCUT2D eigenvalue weighted by Crippen LogP contribution is -2.42. The zero-order valence-electron chi connectivity index (χ0n) is 24.6. The van der Waals surface area contributed by atoms with Gasteiger partial charge in [0, 0.05) is 32.1 Å². The fraction of sp³-hybridized carbons (Fsp3) is 0.438. The molecule has 0 saturated carbocycles. The molecule has 1 atom stereocenters. The summed E-state index contributed by atoms with van der Waals surface area (Å²) in [6, 6.07) is 16.0. The molecule has 42 heavy (non-hydrogen) atoms. The summed E-state index contributed by atoms with van der Waals surface area (Å²) in [5.74, 6) is -1.21. The molecule has 1 saturated heterocycles. The number of aromatic nitrogens is 2. The van der Waals surface area contributed by atoms with E-state index < -0.39 is 17.7 Å². The van der Waals surface area contributed by atoms with Crippen molar-refractivity contribution in [2.45, 2.75) is 64.1 Å². The molecule has 2 aromatic carbocycles. The van der Waals surface area contributed by atoms with Crippen molar-refractivity contribution in [1.29, 1.82) is 0 Å². The number of fused-ring (bicyclic) bond motifs is 3. The topological polar surface area (TPSA) is 114 Å². The summed E-state index contributed by atoms with van der Waals surface area (Å²) in [4.78, 5) is 41.9. The molecular weight excluding hydrogens is 536 g/mol. The SMILES string of the molecule is Cn1ncc(C(=O)O)c1CN(C(=O)OCC1c2ccccc2-c2ccccc21)C1CCCN(C(=O)OC(C)(C)C)CC1. The van der Waals surface area contributed by atoms with Crippen molar-refractivity contribution in [1.82, 2.24) is 19.6 Å². The van der Waals surface area contributed by atoms with E-state index >= 15 is 0 Å². The van der Waals surface area contributed by atoms with E-state index in [4.69, 9.17) is 9.47 Å². The minimum absolute atomic E-state index is 0.0198. The summed E-state index contributed by atoms with van der Waals surface area (Å²) in [5.41, 5.74) is 4.34. The van der Waals surface area contributed by atoms with Gasteiger partial charge in [-0.25, -0.2) is 14.4 Å². The van der Waals surface area contributed by atoms with Gasteiger partial charge in [0.2, 0.25) is 0 Å². The molecule has 1 N–H and O–H groups in total. The number of likely N-dealkylation sites (tertiary alicyclic amines) is 1. The predicted octanol–water partition coefficient (Wildman–Crippen LogP) is 5.66. The average molecular weight is 575 g/mol. The Morgan fingerprint density at radius 1 is 1.00 bits per heavy atom. The zero-order valence-corrected chi connectivity index (χ0v) is 24.6. The molecule has 3 aromatic rings. The Bertz CT molecular complexity index is 1430. The average Bonchev–Trinajstić information content (AvgIpc) is 3.35. The van der Waals surface area contributed by atoms with Crippen LogP contribution in [-0.4, -0.2) is 74.2 Å². The molecule has 0 spiro atoms. The van der Waals surface area contributed by atoms with E-state index in [1.54, 1.807) is 16.8 Å². The molecule has 0 radical (unpaired) electrons. The highest BCUT2D eigenvalue weighted by Gasteiger charge is 2.34. The van der Waals surface area contributed by atoms with Gasteiger partial charge in [-0.05, 0) is 62.3 Å². The van der Waals surface area contributed by atoms with E-state index in [1.807, 2.05) is 45.0 Å². The molecule has 222 valence electrons. The number of benzene rings is 2. The number of carboxylic acids is 1. The number of hydrogen-bond acceptors (Lipinski definition) is 6. The lowest BCUT2D eigenvalue weighted by Gasteiger charge is -2.31. The van der Waals surface area contributed by atoms with E-state index in [0.717, 1.165) is 22.3 Å². The molecule has 2 aliphatic rings. The molecule has 2 heterocycles. The van der Waals surface area contributed by atoms with Crippen LogP contribution in [0.2, 0.25) is 0 Å². The van der Waals surface area contributed by atoms with Gasteiger partial charge in [0.05, 0.1) is 18.4 Å². The van der Waals surface area contributed by atoms with Crippen molar-refractivity contribution >= 4 is 18.2 Å². The lowest BCUT2D eigenvalue weighted by molar-refractivity contribution is 0.0251. The monoisotopic (exact) mass is 574 g/mol. The van der Waals surface area contributed by atoms with Crippen LogP contribution in [-0.2, 0) is 23.1 Å². The normalized spacial score (nSPS) is 16.8. The number of rotatable bonds is 6. The number of aromatic carboxylic acids is 1. The van der Waals surface area contributed by atoms with Crippen molar-refractivity contribution in [3.8, 4) is 11.1 Å². The third-order valence-corrected chi connectivity index (χ3v) is 7.97. The van der Waals surface area contributed by atoms with Crippen LogP contribution >= 0.6 is 0 Å². The van der Waals surface area contributed by atoms with Crippen LogP contribution in [0.5, 0.6) is 0 Å². The predicted molar refractivity (Wildman–Crippen MR) is 156 cm³/mol. The van der Waals surface area contributed by atoms with Gasteiger partial charge in [0.15, 0.2) is 0 Å². The van der Waals surface area contributed by atoms with E-state index in [9.17, 15) is 19.5 Å². The fourth-order valence-corrected chi connectivity index (χ4v) is 5.91. The molecule has 1 fully saturated rings. The van der Waals surface area contributed by atoms with E-state index in [2.05, 4.69) is 29.4 Å². The number of ether oxygens (including phenoxy) is 2. The fourth-order valence-electron chi connectivity index (χ4n) is 5.91. The third kappa shape index (κ3) is 6.12. The quantitative estimate of drug-likeness (QED) is 0.404. The molecule has 10 nitrogen and oxygen atoms in total. The maximum absolute atomic E-state index is 13.9. The van der Waals surface area contributed by atoms with Crippen LogP contribution in [0, 0.1) is 0 Å². The first kappa shape index (κ1) is 29.2. The summed E-state index contributed by atoms with van der Waals surface area (Å²) in [7, 11) is 1.66. The van der Waals surface area contributed by atoms with Crippen molar-refractivity contribution in [3.05, 3.63) is 77.1 Å². The van der Waals surface area contributed by atoms with Crippen LogP contribution in [0.1, 0.15) is 73.1 Å². The largest absolute Gasteiger partial charge is 0.478 e. The van der Waals surface area contributed by atoms with Crippen LogP contribution in [0.25, 0.3) is 11.1 Å². The summed E-state index contributed by atoms with van der Waals surface area (Å²) < 4.78 is 13.1. The first-order valence-electron chi connectivity index (χ1n) is 14.4. The van der Waals surface area contributed by atoms with Crippen molar-refractivity contribution in [2.24, 2.45) is 7.05 Å². The zero-order chi connectivity index (χ0) is 30.0. The van der Waals surface area contributed by atoms with Gasteiger partial charge in [-0.3, -0.25) is 9.58 Å². The second-order valence-corrected chi connectivity index (χ2v) is 11.9. The highest BCUT2D eigenvalue weighted by Crippen LogP contribution is 2.44. The van der Waals surface area contributed by atoms with Crippen LogP contribution in [0.4, 0.5) is 9.59 Å². The molecule has 1 aromatic heterocycles. The number of amides is 2. The van der Waals surface area contributed by atoms with Gasteiger partial charge in [-0.2, -0.15) is 5.10 Å². The minimum atomic E-state index is -1.11. The Labute approximate surface area is 245 Å². The first-order valence-corrected chi connectivity index (χ1v) is 14.4. The Balaban J connectivity index is 1.37. The van der Waals surface area contributed by atoms with Gasteiger partial charge < -0.3 is 19.5 Å². The number of carbonyl (C=O) groups excluding carboxylic acids is 2. The molecule has 5 rings (SSSR count). The molecular formula is C32H38N4O6. The standard InChI is InChI=1S/C32H38N4O6/c1-32(2,3)42-30(39)35-16-9-10-21(15-17-35)36(19-28-26(29(37)38)18-33-34(28)4)31(40)41-20-27-24-13-7-5-11-22(24)23-12-6-8-14-25(23)27/h5-8,11-14,18,21,27H,9-10,15-17,19-20H2,1-4H3,(H,37,38). The van der Waals surface area contributed by atoms with Crippen molar-refractivity contribution in [2.75, 3.05) is 19.7 Å². The van der Waals surface area contributed by atoms with Crippen LogP contribution in [0.3, 0.4) is 0 Å². The maximum Gasteiger partial charge on any atom is 0.410 e. The van der Waals surface area contributed by atoms with Crippen molar-refractivity contribution < 1.29 is 29.0 Å². The Kier molecular flexibility index (Phi) is 8.24. The maximum atomic E-state index is 13.9. The second kappa shape index (κ2) is 11.9. The highest BCUT2D eigenvalue weighted by molar-refractivity contribution is 5.88. The van der Waals surface area contributed by atoms with Crippen LogP contribution in [0.15, 0.2) is 54.7 Å². The van der Waals surface area contributed by atoms with Gasteiger partial charge in [-0.1, -0.05) is 48.5 Å². The molecule has 0 bridgehead atoms. The van der Waals surface area contributed by atoms with E-state index in [0.29, 0.717) is 38.0 Å². The number of nitrogens with zero attached hydrogens (tertiary/aromatic N) is 4. The molecule has 2 amide bonds. The molecule has 1 aliphatic heterocycles. The number of carbonyl (C=O) groups is 3. The molecule has 1 unspecified atom stereocenters. The summed E-state index contributed by atoms with van der Waals surface area (Å²) in [6.07, 6.45) is 2.19. The van der Waals surface area contributed by atoms with Gasteiger partial charge in [0.1, 0.15) is 17.8 Å². The van der Waals surface area contributed by atoms with Gasteiger partial charge >= 0.3 is 18.2 Å². The number of hydrogen-bond donors (Lipinski definition) is 1. The first-order chi connectivity index (χ1) is 20.0. The van der Waals surface area contributed by atoms with E-state index in [-0.39, 0.29) is 36.8 Å². The Hall–Kier alpha value is -4.34. The smallest absolute Gasteiger partial charge is 0.410 e. The minimum Gasteiger partial charge on any atom is -0.478 e. The van der Waals surface area contributed by atoms with Gasteiger partial charge in [0.25, 0.3) is 0 Å². The van der Waals surface area contributed by atoms with Gasteiger partial charge in [-0.15, -0.1) is 0 Å². The molecule has 1 aliphatic carbocycles. The summed E-state index contributed by atoms with van der Waals surface area (Å²) >= 11 is 0. The van der Waals surface area contributed by atoms with E-state index in [1.165, 1.54) is 10.9 Å². The molecule has 10 heteroatoms. The van der Waals surface area contributed by atoms with Crippen LogP contribution < -0.4 is 0 Å². The Morgan fingerprint density at radius 3 is 2.26 bits per heavy atom.